The zero-order valence-electron chi connectivity index (χ0n) is 13.1. The first-order chi connectivity index (χ1) is 8.90. The summed E-state index contributed by atoms with van der Waals surface area (Å²) < 4.78 is 0. The van der Waals surface area contributed by atoms with Crippen molar-refractivity contribution in [2.24, 2.45) is 17.6 Å². The van der Waals surface area contributed by atoms with Gasteiger partial charge in [-0.25, -0.2) is 0 Å². The smallest absolute Gasteiger partial charge is 0.236 e. The molecule has 0 radical (unpaired) electrons. The van der Waals surface area contributed by atoms with Gasteiger partial charge >= 0.3 is 0 Å². The Morgan fingerprint density at radius 1 is 1.37 bits per heavy atom. The standard InChI is InChI=1S/C15H31N3O/c1-12(2)14(16)7-8-17(4)11-15(19)18-9-5-13(3)6-10-18/h12-14H,5-11,16H2,1-4H3. The number of nitrogens with two attached hydrogens (primary N) is 1. The lowest BCUT2D eigenvalue weighted by Gasteiger charge is -2.31. The number of nitrogens with zero attached hydrogens (tertiary/aromatic N) is 2. The summed E-state index contributed by atoms with van der Waals surface area (Å²) in [6.45, 7) is 9.84. The van der Waals surface area contributed by atoms with Crippen molar-refractivity contribution in [3.8, 4) is 0 Å². The largest absolute Gasteiger partial charge is 0.342 e. The van der Waals surface area contributed by atoms with E-state index in [2.05, 4.69) is 25.7 Å². The van der Waals surface area contributed by atoms with Gasteiger partial charge in [-0.15, -0.1) is 0 Å². The van der Waals surface area contributed by atoms with Crippen LogP contribution < -0.4 is 5.73 Å². The molecule has 1 unspecified atom stereocenters. The van der Waals surface area contributed by atoms with Crippen LogP contribution in [0.5, 0.6) is 0 Å². The molecule has 112 valence electrons. The highest BCUT2D eigenvalue weighted by atomic mass is 16.2. The zero-order valence-corrected chi connectivity index (χ0v) is 13.1. The first-order valence-corrected chi connectivity index (χ1v) is 7.62. The average Bonchev–Trinajstić information content (AvgIpc) is 2.36. The Morgan fingerprint density at radius 3 is 2.47 bits per heavy atom. The number of piperidine rings is 1. The van der Waals surface area contributed by atoms with Crippen LogP contribution >= 0.6 is 0 Å². The molecule has 2 N–H and O–H groups in total. The van der Waals surface area contributed by atoms with E-state index in [9.17, 15) is 4.79 Å². The average molecular weight is 269 g/mol. The number of rotatable bonds is 6. The Labute approximate surface area is 118 Å². The van der Waals surface area contributed by atoms with E-state index in [0.29, 0.717) is 12.5 Å². The Morgan fingerprint density at radius 2 is 1.95 bits per heavy atom. The number of likely N-dealkylation sites (tertiary alicyclic amines) is 1. The summed E-state index contributed by atoms with van der Waals surface area (Å²) in [6.07, 6.45) is 3.25. The van der Waals surface area contributed by atoms with Crippen LogP contribution in [0.1, 0.15) is 40.0 Å². The number of hydrogen-bond donors (Lipinski definition) is 1. The van der Waals surface area contributed by atoms with Crippen molar-refractivity contribution in [3.63, 3.8) is 0 Å². The third kappa shape index (κ3) is 5.91. The maximum Gasteiger partial charge on any atom is 0.236 e. The molecule has 0 aliphatic carbocycles. The van der Waals surface area contributed by atoms with Crippen LogP contribution in [0.15, 0.2) is 0 Å². The highest BCUT2D eigenvalue weighted by Crippen LogP contribution is 2.16. The fraction of sp³-hybridized carbons (Fsp3) is 0.933. The maximum absolute atomic E-state index is 12.1. The summed E-state index contributed by atoms with van der Waals surface area (Å²) in [5.74, 6) is 1.55. The highest BCUT2D eigenvalue weighted by Gasteiger charge is 2.21. The van der Waals surface area contributed by atoms with Gasteiger partial charge in [-0.1, -0.05) is 20.8 Å². The van der Waals surface area contributed by atoms with E-state index in [1.54, 1.807) is 0 Å². The summed E-state index contributed by atoms with van der Waals surface area (Å²) in [5.41, 5.74) is 6.03. The first kappa shape index (κ1) is 16.4. The molecule has 1 fully saturated rings. The molecule has 1 saturated heterocycles. The molecule has 1 atom stereocenters. The van der Waals surface area contributed by atoms with Crippen molar-refractivity contribution >= 4 is 5.91 Å². The van der Waals surface area contributed by atoms with Gasteiger partial charge in [0, 0.05) is 19.1 Å². The van der Waals surface area contributed by atoms with Gasteiger partial charge < -0.3 is 10.6 Å². The number of amides is 1. The van der Waals surface area contributed by atoms with E-state index in [0.717, 1.165) is 44.8 Å². The lowest BCUT2D eigenvalue weighted by atomic mass is 9.99. The van der Waals surface area contributed by atoms with Crippen molar-refractivity contribution in [1.29, 1.82) is 0 Å². The van der Waals surface area contributed by atoms with Gasteiger partial charge in [0.1, 0.15) is 0 Å². The minimum absolute atomic E-state index is 0.230. The summed E-state index contributed by atoms with van der Waals surface area (Å²) in [4.78, 5) is 16.3. The Bertz CT molecular complexity index is 273. The SMILES string of the molecule is CC1CCN(C(=O)CN(C)CCC(N)C(C)C)CC1. The van der Waals surface area contributed by atoms with Crippen LogP contribution in [0, 0.1) is 11.8 Å². The second kappa shape index (κ2) is 7.85. The van der Waals surface area contributed by atoms with Crippen LogP contribution in [0.25, 0.3) is 0 Å². The maximum atomic E-state index is 12.1. The molecule has 1 amide bonds. The minimum Gasteiger partial charge on any atom is -0.342 e. The summed E-state index contributed by atoms with van der Waals surface area (Å²) in [5, 5.41) is 0. The molecular weight excluding hydrogens is 238 g/mol. The van der Waals surface area contributed by atoms with E-state index in [1.807, 2.05) is 11.9 Å². The van der Waals surface area contributed by atoms with Crippen molar-refractivity contribution in [2.45, 2.75) is 46.1 Å². The molecule has 0 aromatic rings. The number of likely N-dealkylation sites (N-methyl/N-ethyl adjacent to an activating group) is 1. The van der Waals surface area contributed by atoms with Gasteiger partial charge in [0.05, 0.1) is 6.54 Å². The fourth-order valence-electron chi connectivity index (χ4n) is 2.37. The quantitative estimate of drug-likeness (QED) is 0.796. The van der Waals surface area contributed by atoms with Crippen LogP contribution in [-0.4, -0.2) is 55.0 Å². The molecule has 0 saturated carbocycles. The van der Waals surface area contributed by atoms with Gasteiger partial charge in [0.2, 0.25) is 5.91 Å². The number of carbonyl (C=O) groups is 1. The third-order valence-electron chi connectivity index (χ3n) is 4.24. The lowest BCUT2D eigenvalue weighted by Crippen LogP contribution is -2.43. The fourth-order valence-corrected chi connectivity index (χ4v) is 2.37. The Kier molecular flexibility index (Phi) is 6.80. The molecule has 1 rings (SSSR count). The van der Waals surface area contributed by atoms with E-state index >= 15 is 0 Å². The van der Waals surface area contributed by atoms with Crippen LogP contribution in [-0.2, 0) is 4.79 Å². The molecule has 0 aromatic carbocycles. The molecule has 0 spiro atoms. The molecule has 1 heterocycles. The van der Waals surface area contributed by atoms with E-state index in [-0.39, 0.29) is 11.9 Å². The molecule has 4 nitrogen and oxygen atoms in total. The molecule has 1 aliphatic rings. The van der Waals surface area contributed by atoms with E-state index < -0.39 is 0 Å². The van der Waals surface area contributed by atoms with Gasteiger partial charge in [-0.3, -0.25) is 9.69 Å². The molecular formula is C15H31N3O. The normalized spacial score (nSPS) is 19.2. The predicted molar refractivity (Wildman–Crippen MR) is 79.9 cm³/mol. The second-order valence-corrected chi connectivity index (χ2v) is 6.50. The van der Waals surface area contributed by atoms with Crippen LogP contribution in [0.3, 0.4) is 0 Å². The number of hydrogen-bond acceptors (Lipinski definition) is 3. The topological polar surface area (TPSA) is 49.6 Å². The highest BCUT2D eigenvalue weighted by molar-refractivity contribution is 5.78. The van der Waals surface area contributed by atoms with E-state index in [4.69, 9.17) is 5.73 Å². The molecule has 1 aliphatic heterocycles. The lowest BCUT2D eigenvalue weighted by molar-refractivity contribution is -0.133. The number of carbonyl (C=O) groups excluding carboxylic acids is 1. The second-order valence-electron chi connectivity index (χ2n) is 6.50. The summed E-state index contributed by atoms with van der Waals surface area (Å²) in [6, 6.07) is 0.230. The predicted octanol–water partition coefficient (Wildman–Crippen LogP) is 1.55. The van der Waals surface area contributed by atoms with Crippen molar-refractivity contribution in [1.82, 2.24) is 9.80 Å². The molecule has 0 bridgehead atoms. The van der Waals surface area contributed by atoms with Gasteiger partial charge in [0.15, 0.2) is 0 Å². The molecule has 0 aromatic heterocycles. The van der Waals surface area contributed by atoms with Crippen molar-refractivity contribution in [3.05, 3.63) is 0 Å². The van der Waals surface area contributed by atoms with Gasteiger partial charge in [-0.05, 0) is 44.7 Å². The van der Waals surface area contributed by atoms with Crippen molar-refractivity contribution < 1.29 is 4.79 Å². The Balaban J connectivity index is 2.24. The van der Waals surface area contributed by atoms with Gasteiger partial charge in [-0.2, -0.15) is 0 Å². The first-order valence-electron chi connectivity index (χ1n) is 7.62. The molecule has 4 heteroatoms. The third-order valence-corrected chi connectivity index (χ3v) is 4.24. The summed E-state index contributed by atoms with van der Waals surface area (Å²) in [7, 11) is 2.01. The monoisotopic (exact) mass is 269 g/mol. The van der Waals surface area contributed by atoms with Crippen LogP contribution in [0.2, 0.25) is 0 Å². The van der Waals surface area contributed by atoms with E-state index in [1.165, 1.54) is 0 Å². The van der Waals surface area contributed by atoms with Crippen molar-refractivity contribution in [2.75, 3.05) is 33.2 Å². The summed E-state index contributed by atoms with van der Waals surface area (Å²) >= 11 is 0. The van der Waals surface area contributed by atoms with Crippen LogP contribution in [0.4, 0.5) is 0 Å². The Hall–Kier alpha value is -0.610. The minimum atomic E-state index is 0.230. The molecule has 19 heavy (non-hydrogen) atoms. The van der Waals surface area contributed by atoms with Gasteiger partial charge in [0.25, 0.3) is 0 Å². The zero-order chi connectivity index (χ0) is 14.4.